The number of carbonyl (C=O) groups is 1. The van der Waals surface area contributed by atoms with Crippen molar-refractivity contribution in [2.24, 2.45) is 5.73 Å². The lowest BCUT2D eigenvalue weighted by Crippen LogP contribution is -2.33. The Kier molecular flexibility index (Phi) is 4.86. The molecule has 0 fully saturated rings. The lowest BCUT2D eigenvalue weighted by atomic mass is 10.2. The molecule has 0 amide bonds. The Morgan fingerprint density at radius 1 is 1.45 bits per heavy atom. The van der Waals surface area contributed by atoms with Crippen LogP contribution < -0.4 is 5.73 Å². The van der Waals surface area contributed by atoms with Crippen molar-refractivity contribution < 1.29 is 9.53 Å². The summed E-state index contributed by atoms with van der Waals surface area (Å²) in [6, 6.07) is -0.455. The molecule has 11 heavy (non-hydrogen) atoms. The summed E-state index contributed by atoms with van der Waals surface area (Å²) in [7, 11) is 0. The van der Waals surface area contributed by atoms with Gasteiger partial charge in [0.1, 0.15) is 6.04 Å². The van der Waals surface area contributed by atoms with Crippen LogP contribution in [0.25, 0.3) is 0 Å². The minimum atomic E-state index is -0.455. The summed E-state index contributed by atoms with van der Waals surface area (Å²) in [6.45, 7) is 5.69. The molecule has 0 aliphatic heterocycles. The Balaban J connectivity index is 3.68. The Morgan fingerprint density at radius 2 is 2.00 bits per heavy atom. The molecule has 0 aliphatic rings. The monoisotopic (exact) mass is 159 g/mol. The van der Waals surface area contributed by atoms with E-state index in [9.17, 15) is 4.79 Å². The van der Waals surface area contributed by atoms with Crippen LogP contribution in [-0.2, 0) is 9.53 Å². The van der Waals surface area contributed by atoms with Gasteiger partial charge in [0.05, 0.1) is 6.10 Å². The molecular formula is C8H17NO2. The maximum atomic E-state index is 11.0. The molecule has 0 saturated carbocycles. The fourth-order valence-electron chi connectivity index (χ4n) is 0.536. The second-order valence-corrected chi connectivity index (χ2v) is 2.67. The van der Waals surface area contributed by atoms with Gasteiger partial charge in [-0.05, 0) is 19.8 Å². The van der Waals surface area contributed by atoms with Gasteiger partial charge < -0.3 is 10.5 Å². The molecule has 0 bridgehead atoms. The summed E-state index contributed by atoms with van der Waals surface area (Å²) in [5.41, 5.74) is 5.44. The van der Waals surface area contributed by atoms with Crippen molar-refractivity contribution in [3.8, 4) is 0 Å². The average Bonchev–Trinajstić information content (AvgIpc) is 2.02. The Hall–Kier alpha value is -0.570. The molecule has 0 aromatic carbocycles. The van der Waals surface area contributed by atoms with Crippen LogP contribution in [0.1, 0.15) is 33.6 Å². The first-order chi connectivity index (χ1) is 5.11. The molecule has 0 aromatic heterocycles. The van der Waals surface area contributed by atoms with E-state index in [-0.39, 0.29) is 12.1 Å². The third-order valence-electron chi connectivity index (χ3n) is 1.63. The van der Waals surface area contributed by atoms with E-state index in [1.165, 1.54) is 0 Å². The van der Waals surface area contributed by atoms with Crippen LogP contribution in [0.15, 0.2) is 0 Å². The van der Waals surface area contributed by atoms with Gasteiger partial charge in [0.25, 0.3) is 0 Å². The van der Waals surface area contributed by atoms with E-state index >= 15 is 0 Å². The van der Waals surface area contributed by atoms with Crippen molar-refractivity contribution in [1.29, 1.82) is 0 Å². The van der Waals surface area contributed by atoms with Crippen molar-refractivity contribution in [2.45, 2.75) is 45.8 Å². The number of rotatable bonds is 4. The third-order valence-corrected chi connectivity index (χ3v) is 1.63. The fourth-order valence-corrected chi connectivity index (χ4v) is 0.536. The number of nitrogens with two attached hydrogens (primary N) is 1. The summed E-state index contributed by atoms with van der Waals surface area (Å²) in [4.78, 5) is 11.0. The van der Waals surface area contributed by atoms with Crippen LogP contribution in [0.3, 0.4) is 0 Å². The van der Waals surface area contributed by atoms with Crippen LogP contribution in [0, 0.1) is 0 Å². The molecule has 3 nitrogen and oxygen atoms in total. The van der Waals surface area contributed by atoms with Gasteiger partial charge in [-0.2, -0.15) is 0 Å². The minimum Gasteiger partial charge on any atom is -0.462 e. The summed E-state index contributed by atoms with van der Waals surface area (Å²) >= 11 is 0. The zero-order valence-corrected chi connectivity index (χ0v) is 7.46. The maximum absolute atomic E-state index is 11.0. The standard InChI is InChI=1S/C8H17NO2/c1-4-6(3)11-8(10)7(9)5-2/h6-7H,4-5,9H2,1-3H3/t6?,7-/m1/s1. The van der Waals surface area contributed by atoms with Crippen LogP contribution in [-0.4, -0.2) is 18.1 Å². The zero-order valence-electron chi connectivity index (χ0n) is 7.46. The van der Waals surface area contributed by atoms with Gasteiger partial charge in [0.15, 0.2) is 0 Å². The summed E-state index contributed by atoms with van der Waals surface area (Å²) in [5.74, 6) is -0.290. The molecule has 0 radical (unpaired) electrons. The predicted octanol–water partition coefficient (Wildman–Crippen LogP) is 1.07. The van der Waals surface area contributed by atoms with E-state index in [1.807, 2.05) is 20.8 Å². The molecule has 1 unspecified atom stereocenters. The van der Waals surface area contributed by atoms with Gasteiger partial charge in [-0.25, -0.2) is 0 Å². The lowest BCUT2D eigenvalue weighted by molar-refractivity contribution is -0.150. The predicted molar refractivity (Wildman–Crippen MR) is 44.1 cm³/mol. The second kappa shape index (κ2) is 5.13. The van der Waals surface area contributed by atoms with Gasteiger partial charge in [0.2, 0.25) is 0 Å². The quantitative estimate of drug-likeness (QED) is 0.624. The second-order valence-electron chi connectivity index (χ2n) is 2.67. The largest absolute Gasteiger partial charge is 0.462 e. The molecule has 66 valence electrons. The number of hydrogen-bond donors (Lipinski definition) is 1. The summed E-state index contributed by atoms with van der Waals surface area (Å²) in [6.07, 6.45) is 1.46. The van der Waals surface area contributed by atoms with E-state index in [4.69, 9.17) is 10.5 Å². The molecule has 0 aliphatic carbocycles. The van der Waals surface area contributed by atoms with E-state index in [0.717, 1.165) is 6.42 Å². The Labute approximate surface area is 67.9 Å². The molecule has 3 heteroatoms. The highest BCUT2D eigenvalue weighted by molar-refractivity contribution is 5.75. The van der Waals surface area contributed by atoms with Crippen LogP contribution in [0.4, 0.5) is 0 Å². The Morgan fingerprint density at radius 3 is 2.36 bits per heavy atom. The fraction of sp³-hybridized carbons (Fsp3) is 0.875. The van der Waals surface area contributed by atoms with Crippen LogP contribution in [0.5, 0.6) is 0 Å². The van der Waals surface area contributed by atoms with Crippen molar-refractivity contribution >= 4 is 5.97 Å². The molecular weight excluding hydrogens is 142 g/mol. The highest BCUT2D eigenvalue weighted by Crippen LogP contribution is 1.99. The number of ether oxygens (including phenoxy) is 1. The first kappa shape index (κ1) is 10.4. The highest BCUT2D eigenvalue weighted by atomic mass is 16.5. The maximum Gasteiger partial charge on any atom is 0.323 e. The number of hydrogen-bond acceptors (Lipinski definition) is 3. The zero-order chi connectivity index (χ0) is 8.85. The molecule has 2 atom stereocenters. The van der Waals surface area contributed by atoms with Gasteiger partial charge in [0, 0.05) is 0 Å². The third kappa shape index (κ3) is 3.98. The average molecular weight is 159 g/mol. The SMILES string of the molecule is CCC(C)OC(=O)[C@H](N)CC. The summed E-state index contributed by atoms with van der Waals surface area (Å²) in [5, 5.41) is 0. The first-order valence-electron chi connectivity index (χ1n) is 4.07. The van der Waals surface area contributed by atoms with E-state index in [1.54, 1.807) is 0 Å². The molecule has 0 aromatic rings. The van der Waals surface area contributed by atoms with E-state index in [2.05, 4.69) is 0 Å². The van der Waals surface area contributed by atoms with Crippen LogP contribution in [0.2, 0.25) is 0 Å². The van der Waals surface area contributed by atoms with Crippen molar-refractivity contribution in [2.75, 3.05) is 0 Å². The molecule has 0 heterocycles. The van der Waals surface area contributed by atoms with Crippen molar-refractivity contribution in [3.63, 3.8) is 0 Å². The highest BCUT2D eigenvalue weighted by Gasteiger charge is 2.14. The minimum absolute atomic E-state index is 0.0138. The smallest absolute Gasteiger partial charge is 0.323 e. The number of esters is 1. The molecule has 2 N–H and O–H groups in total. The van der Waals surface area contributed by atoms with Crippen LogP contribution >= 0.6 is 0 Å². The van der Waals surface area contributed by atoms with Gasteiger partial charge in [-0.1, -0.05) is 13.8 Å². The van der Waals surface area contributed by atoms with Crippen molar-refractivity contribution in [3.05, 3.63) is 0 Å². The van der Waals surface area contributed by atoms with Crippen molar-refractivity contribution in [1.82, 2.24) is 0 Å². The summed E-state index contributed by atoms with van der Waals surface area (Å²) < 4.78 is 4.99. The first-order valence-corrected chi connectivity index (χ1v) is 4.07. The van der Waals surface area contributed by atoms with E-state index in [0.29, 0.717) is 6.42 Å². The Bertz CT molecular complexity index is 125. The van der Waals surface area contributed by atoms with Gasteiger partial charge in [-0.3, -0.25) is 4.79 Å². The normalized spacial score (nSPS) is 15.6. The van der Waals surface area contributed by atoms with Gasteiger partial charge in [-0.15, -0.1) is 0 Å². The topological polar surface area (TPSA) is 52.3 Å². The molecule has 0 spiro atoms. The molecule has 0 rings (SSSR count). The van der Waals surface area contributed by atoms with Gasteiger partial charge >= 0.3 is 5.97 Å². The lowest BCUT2D eigenvalue weighted by Gasteiger charge is -2.13. The molecule has 0 saturated heterocycles. The number of carbonyl (C=O) groups excluding carboxylic acids is 1. The van der Waals surface area contributed by atoms with E-state index < -0.39 is 6.04 Å².